The quantitative estimate of drug-likeness (QED) is 0.871. The van der Waals surface area contributed by atoms with Crippen molar-refractivity contribution in [3.8, 4) is 0 Å². The van der Waals surface area contributed by atoms with Gasteiger partial charge in [0.05, 0.1) is 5.02 Å². The molecule has 0 aliphatic heterocycles. The molecule has 0 fully saturated rings. The summed E-state index contributed by atoms with van der Waals surface area (Å²) < 4.78 is 0.928. The fourth-order valence-electron chi connectivity index (χ4n) is 1.47. The summed E-state index contributed by atoms with van der Waals surface area (Å²) in [7, 11) is 0. The summed E-state index contributed by atoms with van der Waals surface area (Å²) in [5.74, 6) is 0.489. The molecule has 0 bridgehead atoms. The molecule has 0 saturated heterocycles. The largest absolute Gasteiger partial charge is 0.329 e. The molecule has 1 atom stereocenters. The van der Waals surface area contributed by atoms with Crippen molar-refractivity contribution in [2.24, 2.45) is 11.7 Å². The molecule has 1 aromatic carbocycles. The molecule has 1 unspecified atom stereocenters. The third kappa shape index (κ3) is 3.95. The Morgan fingerprint density at radius 1 is 1.47 bits per heavy atom. The highest BCUT2D eigenvalue weighted by molar-refractivity contribution is 9.10. The summed E-state index contributed by atoms with van der Waals surface area (Å²) in [6.07, 6.45) is 0. The summed E-state index contributed by atoms with van der Waals surface area (Å²) in [5.41, 5.74) is 6.99. The van der Waals surface area contributed by atoms with Gasteiger partial charge in [0.1, 0.15) is 0 Å². The topological polar surface area (TPSA) is 38.0 Å². The second kappa shape index (κ2) is 6.19. The van der Waals surface area contributed by atoms with Gasteiger partial charge < -0.3 is 11.1 Å². The predicted molar refractivity (Wildman–Crippen MR) is 78.3 cm³/mol. The molecule has 0 heterocycles. The van der Waals surface area contributed by atoms with Crippen LogP contribution in [0.4, 0.5) is 0 Å². The molecule has 0 aliphatic carbocycles. The van der Waals surface area contributed by atoms with E-state index in [1.54, 1.807) is 0 Å². The van der Waals surface area contributed by atoms with Crippen molar-refractivity contribution in [3.63, 3.8) is 0 Å². The Morgan fingerprint density at radius 3 is 2.59 bits per heavy atom. The maximum absolute atomic E-state index is 5.96. The average Bonchev–Trinajstić information content (AvgIpc) is 2.30. The van der Waals surface area contributed by atoms with Crippen LogP contribution in [0.1, 0.15) is 26.3 Å². The van der Waals surface area contributed by atoms with Crippen molar-refractivity contribution in [2.45, 2.75) is 32.9 Å². The van der Waals surface area contributed by atoms with Crippen LogP contribution in [-0.2, 0) is 6.54 Å². The summed E-state index contributed by atoms with van der Waals surface area (Å²) in [6, 6.07) is 5.96. The third-order valence-electron chi connectivity index (χ3n) is 3.38. The Bertz CT molecular complexity index is 382. The third-order valence-corrected chi connectivity index (χ3v) is 4.59. The molecule has 0 saturated carbocycles. The highest BCUT2D eigenvalue weighted by Crippen LogP contribution is 2.24. The van der Waals surface area contributed by atoms with Gasteiger partial charge in [0.2, 0.25) is 0 Å². The van der Waals surface area contributed by atoms with Crippen LogP contribution in [0.15, 0.2) is 22.7 Å². The van der Waals surface area contributed by atoms with Gasteiger partial charge in [0.25, 0.3) is 0 Å². The molecular weight excluding hydrogens is 300 g/mol. The molecule has 0 spiro atoms. The van der Waals surface area contributed by atoms with Crippen LogP contribution >= 0.6 is 27.5 Å². The van der Waals surface area contributed by atoms with Gasteiger partial charge in [-0.05, 0) is 46.5 Å². The van der Waals surface area contributed by atoms with Crippen LogP contribution in [0.2, 0.25) is 5.02 Å². The lowest BCUT2D eigenvalue weighted by atomic mass is 9.88. The van der Waals surface area contributed by atoms with Gasteiger partial charge in [-0.15, -0.1) is 0 Å². The minimum atomic E-state index is -0.0356. The molecule has 96 valence electrons. The summed E-state index contributed by atoms with van der Waals surface area (Å²) in [6.45, 7) is 7.93. The number of hydrogen-bond acceptors (Lipinski definition) is 2. The minimum absolute atomic E-state index is 0.0356. The lowest BCUT2D eigenvalue weighted by Crippen LogP contribution is -2.52. The second-order valence-electron chi connectivity index (χ2n) is 4.88. The van der Waals surface area contributed by atoms with E-state index >= 15 is 0 Å². The Kier molecular flexibility index (Phi) is 5.45. The van der Waals surface area contributed by atoms with E-state index in [0.717, 1.165) is 16.0 Å². The van der Waals surface area contributed by atoms with Gasteiger partial charge >= 0.3 is 0 Å². The highest BCUT2D eigenvalue weighted by Gasteiger charge is 2.25. The smallest absolute Gasteiger partial charge is 0.0548 e. The minimum Gasteiger partial charge on any atom is -0.329 e. The second-order valence-corrected chi connectivity index (χ2v) is 6.14. The van der Waals surface area contributed by atoms with Gasteiger partial charge in [-0.1, -0.05) is 31.5 Å². The molecular formula is C13H20BrClN2. The van der Waals surface area contributed by atoms with Crippen molar-refractivity contribution in [1.29, 1.82) is 0 Å². The van der Waals surface area contributed by atoms with E-state index < -0.39 is 0 Å². The van der Waals surface area contributed by atoms with Gasteiger partial charge in [0.15, 0.2) is 0 Å². The monoisotopic (exact) mass is 318 g/mol. The number of hydrogen-bond donors (Lipinski definition) is 2. The SMILES string of the molecule is CC(C)C(C)(CN)NCc1ccc(Cl)c(Br)c1. The van der Waals surface area contributed by atoms with Crippen molar-refractivity contribution in [2.75, 3.05) is 6.54 Å². The normalized spacial score (nSPS) is 15.0. The summed E-state index contributed by atoms with van der Waals surface area (Å²) >= 11 is 9.39. The number of nitrogens with two attached hydrogens (primary N) is 1. The van der Waals surface area contributed by atoms with Gasteiger partial charge in [0, 0.05) is 23.1 Å². The molecule has 2 nitrogen and oxygen atoms in total. The van der Waals surface area contributed by atoms with E-state index in [0.29, 0.717) is 12.5 Å². The summed E-state index contributed by atoms with van der Waals surface area (Å²) in [5, 5.41) is 4.25. The van der Waals surface area contributed by atoms with Crippen LogP contribution in [0.25, 0.3) is 0 Å². The van der Waals surface area contributed by atoms with E-state index in [1.807, 2.05) is 18.2 Å². The first-order valence-corrected chi connectivity index (χ1v) is 6.95. The maximum Gasteiger partial charge on any atom is 0.0548 e. The van der Waals surface area contributed by atoms with Gasteiger partial charge in [-0.2, -0.15) is 0 Å². The van der Waals surface area contributed by atoms with Crippen molar-refractivity contribution in [1.82, 2.24) is 5.32 Å². The lowest BCUT2D eigenvalue weighted by molar-refractivity contribution is 0.267. The number of rotatable bonds is 5. The molecule has 17 heavy (non-hydrogen) atoms. The van der Waals surface area contributed by atoms with Crippen molar-refractivity contribution < 1.29 is 0 Å². The zero-order chi connectivity index (χ0) is 13.1. The van der Waals surface area contributed by atoms with Crippen molar-refractivity contribution >= 4 is 27.5 Å². The van der Waals surface area contributed by atoms with E-state index in [9.17, 15) is 0 Å². The number of nitrogens with one attached hydrogen (secondary N) is 1. The Labute approximate surface area is 117 Å². The van der Waals surface area contributed by atoms with Crippen molar-refractivity contribution in [3.05, 3.63) is 33.3 Å². The van der Waals surface area contributed by atoms with E-state index in [-0.39, 0.29) is 5.54 Å². The molecule has 0 radical (unpaired) electrons. The van der Waals surface area contributed by atoms with Gasteiger partial charge in [-0.3, -0.25) is 0 Å². The van der Waals surface area contributed by atoms with Crippen LogP contribution in [0.3, 0.4) is 0 Å². The average molecular weight is 320 g/mol. The molecule has 0 aliphatic rings. The Balaban J connectivity index is 2.69. The Morgan fingerprint density at radius 2 is 2.12 bits per heavy atom. The Hall–Kier alpha value is -0.0900. The molecule has 1 rings (SSSR count). The number of halogens is 2. The lowest BCUT2D eigenvalue weighted by Gasteiger charge is -2.34. The summed E-state index contributed by atoms with van der Waals surface area (Å²) in [4.78, 5) is 0. The highest BCUT2D eigenvalue weighted by atomic mass is 79.9. The fourth-order valence-corrected chi connectivity index (χ4v) is 2.01. The maximum atomic E-state index is 5.96. The number of benzene rings is 1. The van der Waals surface area contributed by atoms with Gasteiger partial charge in [-0.25, -0.2) is 0 Å². The van der Waals surface area contributed by atoms with E-state index in [4.69, 9.17) is 17.3 Å². The van der Waals surface area contributed by atoms with Crippen LogP contribution in [0, 0.1) is 5.92 Å². The molecule has 0 aromatic heterocycles. The zero-order valence-electron chi connectivity index (χ0n) is 10.6. The van der Waals surface area contributed by atoms with E-state index in [1.165, 1.54) is 5.56 Å². The first-order valence-electron chi connectivity index (χ1n) is 5.78. The molecule has 1 aromatic rings. The molecule has 3 N–H and O–H groups in total. The van der Waals surface area contributed by atoms with Crippen LogP contribution in [0.5, 0.6) is 0 Å². The molecule has 0 amide bonds. The first-order chi connectivity index (χ1) is 7.89. The standard InChI is InChI=1S/C13H20BrClN2/c1-9(2)13(3,8-16)17-7-10-4-5-12(15)11(14)6-10/h4-6,9,17H,7-8,16H2,1-3H3. The van der Waals surface area contributed by atoms with E-state index in [2.05, 4.69) is 42.0 Å². The zero-order valence-corrected chi connectivity index (χ0v) is 12.9. The van der Waals surface area contributed by atoms with Crippen LogP contribution < -0.4 is 11.1 Å². The molecule has 4 heteroatoms. The first kappa shape index (κ1) is 15.0. The predicted octanol–water partition coefficient (Wildman–Crippen LogP) is 3.57. The fraction of sp³-hybridized carbons (Fsp3) is 0.538. The van der Waals surface area contributed by atoms with Crippen LogP contribution in [-0.4, -0.2) is 12.1 Å².